The van der Waals surface area contributed by atoms with Crippen LogP contribution in [-0.4, -0.2) is 34.0 Å². The van der Waals surface area contributed by atoms with Gasteiger partial charge in [0.15, 0.2) is 5.11 Å². The van der Waals surface area contributed by atoms with Gasteiger partial charge in [-0.1, -0.05) is 18.2 Å². The Morgan fingerprint density at radius 3 is 2.95 bits per heavy atom. The molecule has 2 heterocycles. The first-order valence-electron chi connectivity index (χ1n) is 5.96. The zero-order valence-corrected chi connectivity index (χ0v) is 12.0. The van der Waals surface area contributed by atoms with E-state index in [-0.39, 0.29) is 11.9 Å². The van der Waals surface area contributed by atoms with Gasteiger partial charge in [-0.25, -0.2) is 0 Å². The quantitative estimate of drug-likeness (QED) is 0.804. The third kappa shape index (κ3) is 2.11. The fourth-order valence-electron chi connectivity index (χ4n) is 2.38. The molecule has 1 amide bonds. The predicted octanol–water partition coefficient (Wildman–Crippen LogP) is 0.772. The smallest absolute Gasteiger partial charge is 0.245 e. The molecule has 0 saturated carbocycles. The van der Waals surface area contributed by atoms with Crippen LogP contribution in [0.4, 0.5) is 0 Å². The zero-order chi connectivity index (χ0) is 13.4. The number of amides is 1. The number of likely N-dealkylation sites (N-methyl/N-ethyl adjacent to an activating group) is 1. The Morgan fingerprint density at radius 1 is 1.42 bits per heavy atom. The Bertz CT molecular complexity index is 703. The number of carbonyl (C=O) groups excluding carboxylic acids is 1. The maximum atomic E-state index is 12.1. The summed E-state index contributed by atoms with van der Waals surface area (Å²) >= 11 is 4.94. The van der Waals surface area contributed by atoms with E-state index in [0.29, 0.717) is 6.42 Å². The summed E-state index contributed by atoms with van der Waals surface area (Å²) in [4.78, 5) is 16.9. The predicted molar refractivity (Wildman–Crippen MR) is 81.4 cm³/mol. The van der Waals surface area contributed by atoms with Crippen molar-refractivity contribution in [1.82, 2.24) is 15.2 Å². The summed E-state index contributed by atoms with van der Waals surface area (Å²) in [6.45, 7) is 0. The average Bonchev–Trinajstić information content (AvgIpc) is 2.96. The van der Waals surface area contributed by atoms with Crippen molar-refractivity contribution in [3.05, 3.63) is 36.0 Å². The van der Waals surface area contributed by atoms with Gasteiger partial charge in [-0.2, -0.15) is 0 Å². The first kappa shape index (κ1) is 12.5. The second-order valence-electron chi connectivity index (χ2n) is 4.55. The van der Waals surface area contributed by atoms with Gasteiger partial charge in [0.05, 0.1) is 6.04 Å². The van der Waals surface area contributed by atoms with Gasteiger partial charge in [0.1, 0.15) is 0 Å². The number of H-pyrrole nitrogens is 1. The van der Waals surface area contributed by atoms with Crippen LogP contribution in [0, 0.1) is 0 Å². The molecular formula is C13H13N3OS2. The van der Waals surface area contributed by atoms with E-state index in [9.17, 15) is 4.79 Å². The second kappa shape index (κ2) is 4.88. The Balaban J connectivity index is 1.90. The minimum absolute atomic E-state index is 0.0673. The molecule has 19 heavy (non-hydrogen) atoms. The van der Waals surface area contributed by atoms with Crippen LogP contribution in [0.3, 0.4) is 0 Å². The van der Waals surface area contributed by atoms with Gasteiger partial charge >= 0.3 is 0 Å². The Hall–Kier alpha value is -1.50. The molecule has 1 aliphatic rings. The maximum absolute atomic E-state index is 12.1. The maximum Gasteiger partial charge on any atom is 0.245 e. The van der Waals surface area contributed by atoms with Gasteiger partial charge in [0.2, 0.25) is 5.91 Å². The number of aromatic nitrogens is 1. The van der Waals surface area contributed by atoms with Crippen LogP contribution in [0.1, 0.15) is 5.56 Å². The number of nitrogens with one attached hydrogen (secondary N) is 2. The molecule has 1 aromatic heterocycles. The molecule has 1 unspecified atom stereocenters. The highest BCUT2D eigenvalue weighted by Gasteiger charge is 2.33. The summed E-state index contributed by atoms with van der Waals surface area (Å²) < 4.78 is 0. The van der Waals surface area contributed by atoms with Crippen molar-refractivity contribution in [2.45, 2.75) is 12.5 Å². The molecule has 4 nitrogen and oxygen atoms in total. The summed E-state index contributed by atoms with van der Waals surface area (Å²) in [6.07, 6.45) is 2.63. The Morgan fingerprint density at radius 2 is 2.21 bits per heavy atom. The van der Waals surface area contributed by atoms with E-state index in [0.717, 1.165) is 26.1 Å². The van der Waals surface area contributed by atoms with Gasteiger partial charge in [-0.05, 0) is 39.1 Å². The third-order valence-electron chi connectivity index (χ3n) is 3.41. The van der Waals surface area contributed by atoms with Crippen LogP contribution in [0.2, 0.25) is 0 Å². The lowest BCUT2D eigenvalue weighted by Gasteiger charge is -2.07. The molecule has 98 valence electrons. The molecule has 3 rings (SSSR count). The van der Waals surface area contributed by atoms with Crippen LogP contribution in [-0.2, 0) is 32.3 Å². The summed E-state index contributed by atoms with van der Waals surface area (Å²) in [7, 11) is 2.90. The van der Waals surface area contributed by atoms with E-state index >= 15 is 0 Å². The van der Waals surface area contributed by atoms with E-state index in [4.69, 9.17) is 11.2 Å². The SMILES string of the molecule is CN1C(=O)C(Cc2c[nH]c3ccccc23)NC1=S=S. The van der Waals surface area contributed by atoms with E-state index in [1.165, 1.54) is 5.39 Å². The molecule has 0 bridgehead atoms. The molecule has 2 aromatic rings. The number of para-hydroxylation sites is 1. The van der Waals surface area contributed by atoms with Crippen molar-refractivity contribution in [3.8, 4) is 0 Å². The number of hydrogen-bond donors (Lipinski definition) is 2. The second-order valence-corrected chi connectivity index (χ2v) is 5.60. The molecule has 0 radical (unpaired) electrons. The lowest BCUT2D eigenvalue weighted by molar-refractivity contribution is -0.126. The van der Waals surface area contributed by atoms with Crippen molar-refractivity contribution in [2.75, 3.05) is 7.05 Å². The first-order valence-corrected chi connectivity index (χ1v) is 7.70. The van der Waals surface area contributed by atoms with Gasteiger partial charge in [-0.15, -0.1) is 0 Å². The molecular weight excluding hydrogens is 278 g/mol. The van der Waals surface area contributed by atoms with Gasteiger partial charge < -0.3 is 4.98 Å². The lowest BCUT2D eigenvalue weighted by atomic mass is 10.1. The van der Waals surface area contributed by atoms with Crippen molar-refractivity contribution in [2.24, 2.45) is 0 Å². The van der Waals surface area contributed by atoms with E-state index < -0.39 is 0 Å². The highest BCUT2D eigenvalue weighted by Crippen LogP contribution is 2.20. The Labute approximate surface area is 119 Å². The lowest BCUT2D eigenvalue weighted by Crippen LogP contribution is -2.31. The van der Waals surface area contributed by atoms with Crippen LogP contribution >= 0.6 is 0 Å². The normalized spacial score (nSPS) is 19.4. The largest absolute Gasteiger partial charge is 0.361 e. The topological polar surface area (TPSA) is 48.1 Å². The monoisotopic (exact) mass is 291 g/mol. The molecule has 1 atom stereocenters. The zero-order valence-electron chi connectivity index (χ0n) is 10.3. The fraction of sp³-hybridized carbons (Fsp3) is 0.231. The van der Waals surface area contributed by atoms with E-state index in [1.54, 1.807) is 11.9 Å². The van der Waals surface area contributed by atoms with Crippen LogP contribution in [0.15, 0.2) is 30.5 Å². The summed E-state index contributed by atoms with van der Waals surface area (Å²) in [5.74, 6) is 0.0673. The van der Waals surface area contributed by atoms with Crippen LogP contribution < -0.4 is 5.32 Å². The molecule has 1 aromatic carbocycles. The number of rotatable bonds is 2. The van der Waals surface area contributed by atoms with Crippen molar-refractivity contribution >= 4 is 43.0 Å². The number of aromatic amines is 1. The molecule has 6 heteroatoms. The number of fused-ring (bicyclic) bond motifs is 1. The van der Waals surface area contributed by atoms with Gasteiger partial charge in [-0.3, -0.25) is 15.0 Å². The van der Waals surface area contributed by atoms with Crippen molar-refractivity contribution < 1.29 is 4.79 Å². The standard InChI is InChI=1S/C13H13N3OS2/c1-16-12(17)11(15-13(16)19-18)6-8-7-14-10-5-3-2-4-9(8)10/h2-5,7,11,14-15H,6H2,1H3. The van der Waals surface area contributed by atoms with Crippen molar-refractivity contribution in [3.63, 3.8) is 0 Å². The minimum Gasteiger partial charge on any atom is -0.361 e. The molecule has 0 spiro atoms. The van der Waals surface area contributed by atoms with E-state index in [1.807, 2.05) is 24.4 Å². The summed E-state index contributed by atoms with van der Waals surface area (Å²) in [6, 6.07) is 7.87. The van der Waals surface area contributed by atoms with Crippen LogP contribution in [0.25, 0.3) is 10.9 Å². The first-order chi connectivity index (χ1) is 9.20. The molecule has 1 fully saturated rings. The number of hydrogen-bond acceptors (Lipinski definition) is 2. The summed E-state index contributed by atoms with van der Waals surface area (Å²) in [5.41, 5.74) is 2.24. The average molecular weight is 291 g/mol. The van der Waals surface area contributed by atoms with Gasteiger partial charge in [0, 0.05) is 24.1 Å². The van der Waals surface area contributed by atoms with Crippen molar-refractivity contribution in [1.29, 1.82) is 0 Å². The Kier molecular flexibility index (Phi) is 3.22. The van der Waals surface area contributed by atoms with Gasteiger partial charge in [0.25, 0.3) is 0 Å². The molecule has 2 N–H and O–H groups in total. The number of benzene rings is 1. The molecule has 1 aliphatic heterocycles. The third-order valence-corrected chi connectivity index (χ3v) is 4.43. The highest BCUT2D eigenvalue weighted by atomic mass is 32.8. The fourth-order valence-corrected chi connectivity index (χ4v) is 3.25. The number of carbonyl (C=O) groups is 1. The molecule has 0 aliphatic carbocycles. The highest BCUT2D eigenvalue weighted by molar-refractivity contribution is 8.17. The minimum atomic E-state index is -0.227. The molecule has 1 saturated heterocycles. The van der Waals surface area contributed by atoms with E-state index in [2.05, 4.69) is 16.4 Å². The van der Waals surface area contributed by atoms with Crippen LogP contribution in [0.5, 0.6) is 0 Å². The summed E-state index contributed by atoms with van der Waals surface area (Å²) in [5, 5.41) is 5.09. The number of nitrogens with zero attached hydrogens (tertiary/aromatic N) is 1.